The fourth-order valence-corrected chi connectivity index (χ4v) is 2.38. The van der Waals surface area contributed by atoms with Gasteiger partial charge in [0.15, 0.2) is 0 Å². The predicted molar refractivity (Wildman–Crippen MR) is 71.0 cm³/mol. The van der Waals surface area contributed by atoms with Crippen molar-refractivity contribution in [1.29, 1.82) is 0 Å². The van der Waals surface area contributed by atoms with E-state index >= 15 is 0 Å². The Hall–Kier alpha value is -1.58. The summed E-state index contributed by atoms with van der Waals surface area (Å²) in [6.45, 7) is 6.48. The largest absolute Gasteiger partial charge is 0.478 e. The minimum absolute atomic E-state index is 0.309. The first kappa shape index (κ1) is 12.9. The molecule has 0 unspecified atom stereocenters. The van der Waals surface area contributed by atoms with Crippen LogP contribution in [-0.2, 0) is 0 Å². The van der Waals surface area contributed by atoms with Gasteiger partial charge < -0.3 is 10.0 Å². The normalized spacial score (nSPS) is 19.3. The van der Waals surface area contributed by atoms with Crippen LogP contribution >= 0.6 is 0 Å². The van der Waals surface area contributed by atoms with Crippen LogP contribution in [0.15, 0.2) is 18.3 Å². The maximum absolute atomic E-state index is 11.0. The van der Waals surface area contributed by atoms with Gasteiger partial charge in [-0.3, -0.25) is 0 Å². The lowest BCUT2D eigenvalue weighted by Crippen LogP contribution is -2.26. The summed E-state index contributed by atoms with van der Waals surface area (Å²) in [5.41, 5.74) is 0.683. The van der Waals surface area contributed by atoms with Crippen molar-refractivity contribution in [1.82, 2.24) is 4.98 Å². The van der Waals surface area contributed by atoms with Gasteiger partial charge in [-0.05, 0) is 36.8 Å². The number of pyridine rings is 1. The van der Waals surface area contributed by atoms with Crippen molar-refractivity contribution in [3.63, 3.8) is 0 Å². The second-order valence-electron chi connectivity index (χ2n) is 5.71. The summed E-state index contributed by atoms with van der Waals surface area (Å²) in [5, 5.41) is 9.00. The van der Waals surface area contributed by atoms with Crippen LogP contribution in [0.4, 0.5) is 5.82 Å². The molecule has 0 amide bonds. The quantitative estimate of drug-likeness (QED) is 0.874. The molecule has 1 saturated heterocycles. The Kier molecular flexibility index (Phi) is 3.55. The molecule has 1 N–H and O–H groups in total. The zero-order valence-electron chi connectivity index (χ0n) is 11.0. The fraction of sp³-hybridized carbons (Fsp3) is 0.571. The molecule has 1 aliphatic heterocycles. The average molecular weight is 248 g/mol. The van der Waals surface area contributed by atoms with Gasteiger partial charge in [-0.2, -0.15) is 0 Å². The Morgan fingerprint density at radius 3 is 2.89 bits per heavy atom. The van der Waals surface area contributed by atoms with E-state index in [0.29, 0.717) is 11.0 Å². The number of carboxylic acids is 1. The van der Waals surface area contributed by atoms with Crippen molar-refractivity contribution in [3.05, 3.63) is 23.9 Å². The summed E-state index contributed by atoms with van der Waals surface area (Å²) >= 11 is 0. The van der Waals surface area contributed by atoms with Crippen LogP contribution < -0.4 is 4.90 Å². The van der Waals surface area contributed by atoms with Crippen LogP contribution in [0.3, 0.4) is 0 Å². The van der Waals surface area contributed by atoms with Crippen LogP contribution in [0, 0.1) is 5.41 Å². The standard InChI is InChI=1S/C14H20N2O2/c1-14(2)5-3-8-16(9-6-14)12-10-11(13(17)18)4-7-15-12/h4,7,10H,3,5-6,8-9H2,1-2H3,(H,17,18). The number of hydrogen-bond donors (Lipinski definition) is 1. The molecule has 1 aromatic rings. The number of carboxylic acid groups (broad SMARTS) is 1. The van der Waals surface area contributed by atoms with Crippen molar-refractivity contribution in [2.24, 2.45) is 5.41 Å². The van der Waals surface area contributed by atoms with Gasteiger partial charge in [0.2, 0.25) is 0 Å². The van der Waals surface area contributed by atoms with Gasteiger partial charge in [-0.15, -0.1) is 0 Å². The molecule has 0 radical (unpaired) electrons. The van der Waals surface area contributed by atoms with E-state index in [-0.39, 0.29) is 0 Å². The first-order valence-electron chi connectivity index (χ1n) is 6.42. The summed E-state index contributed by atoms with van der Waals surface area (Å²) < 4.78 is 0. The Morgan fingerprint density at radius 1 is 1.39 bits per heavy atom. The summed E-state index contributed by atoms with van der Waals surface area (Å²) in [5.74, 6) is -0.110. The monoisotopic (exact) mass is 248 g/mol. The number of nitrogens with zero attached hydrogens (tertiary/aromatic N) is 2. The smallest absolute Gasteiger partial charge is 0.335 e. The van der Waals surface area contributed by atoms with Crippen molar-refractivity contribution in [2.45, 2.75) is 33.1 Å². The van der Waals surface area contributed by atoms with E-state index in [1.54, 1.807) is 12.3 Å². The second kappa shape index (κ2) is 4.96. The summed E-state index contributed by atoms with van der Waals surface area (Å²) in [7, 11) is 0. The topological polar surface area (TPSA) is 53.4 Å². The average Bonchev–Trinajstić information content (AvgIpc) is 2.50. The summed E-state index contributed by atoms with van der Waals surface area (Å²) in [6, 6.07) is 3.20. The van der Waals surface area contributed by atoms with E-state index in [9.17, 15) is 4.79 Å². The van der Waals surface area contributed by atoms with Crippen LogP contribution in [0.25, 0.3) is 0 Å². The number of aromatic carboxylic acids is 1. The van der Waals surface area contributed by atoms with E-state index in [1.165, 1.54) is 12.5 Å². The van der Waals surface area contributed by atoms with Crippen LogP contribution in [-0.4, -0.2) is 29.1 Å². The summed E-state index contributed by atoms with van der Waals surface area (Å²) in [4.78, 5) is 17.5. The third kappa shape index (κ3) is 3.00. The molecular weight excluding hydrogens is 228 g/mol. The molecule has 1 aromatic heterocycles. The molecule has 0 saturated carbocycles. The molecule has 18 heavy (non-hydrogen) atoms. The summed E-state index contributed by atoms with van der Waals surface area (Å²) in [6.07, 6.45) is 5.04. The third-order valence-electron chi connectivity index (χ3n) is 3.66. The number of carbonyl (C=O) groups is 1. The minimum Gasteiger partial charge on any atom is -0.478 e. The van der Waals surface area contributed by atoms with Crippen LogP contribution in [0.2, 0.25) is 0 Å². The Labute approximate surface area is 108 Å². The SMILES string of the molecule is CC1(C)CCCN(c2cc(C(=O)O)ccn2)CC1. The van der Waals surface area contributed by atoms with Crippen LogP contribution in [0.1, 0.15) is 43.5 Å². The molecule has 0 aromatic carbocycles. The fourth-order valence-electron chi connectivity index (χ4n) is 2.38. The molecule has 2 rings (SSSR count). The zero-order valence-corrected chi connectivity index (χ0v) is 11.0. The molecule has 0 spiro atoms. The highest BCUT2D eigenvalue weighted by Crippen LogP contribution is 2.31. The molecule has 0 bridgehead atoms. The van der Waals surface area contributed by atoms with Gasteiger partial charge in [0.1, 0.15) is 5.82 Å². The first-order valence-corrected chi connectivity index (χ1v) is 6.42. The molecule has 0 atom stereocenters. The van der Waals surface area contributed by atoms with Gasteiger partial charge in [-0.1, -0.05) is 13.8 Å². The van der Waals surface area contributed by atoms with E-state index in [0.717, 1.165) is 31.7 Å². The van der Waals surface area contributed by atoms with E-state index in [2.05, 4.69) is 23.7 Å². The maximum Gasteiger partial charge on any atom is 0.335 e. The Balaban J connectivity index is 2.16. The van der Waals surface area contributed by atoms with Gasteiger partial charge in [0.05, 0.1) is 5.56 Å². The molecule has 98 valence electrons. The lowest BCUT2D eigenvalue weighted by atomic mass is 9.85. The van der Waals surface area contributed by atoms with Gasteiger partial charge in [0, 0.05) is 19.3 Å². The third-order valence-corrected chi connectivity index (χ3v) is 3.66. The molecule has 4 nitrogen and oxygen atoms in total. The molecule has 1 aliphatic rings. The highest BCUT2D eigenvalue weighted by atomic mass is 16.4. The van der Waals surface area contributed by atoms with Crippen molar-refractivity contribution in [2.75, 3.05) is 18.0 Å². The number of aromatic nitrogens is 1. The van der Waals surface area contributed by atoms with E-state index in [1.807, 2.05) is 0 Å². The molecule has 2 heterocycles. The molecule has 1 fully saturated rings. The highest BCUT2D eigenvalue weighted by Gasteiger charge is 2.23. The van der Waals surface area contributed by atoms with Crippen LogP contribution in [0.5, 0.6) is 0 Å². The zero-order chi connectivity index (χ0) is 13.2. The van der Waals surface area contributed by atoms with E-state index < -0.39 is 5.97 Å². The predicted octanol–water partition coefficient (Wildman–Crippen LogP) is 2.80. The molecular formula is C14H20N2O2. The van der Waals surface area contributed by atoms with Crippen molar-refractivity contribution >= 4 is 11.8 Å². The van der Waals surface area contributed by atoms with Gasteiger partial charge in [0.25, 0.3) is 0 Å². The minimum atomic E-state index is -0.895. The molecule has 0 aliphatic carbocycles. The Morgan fingerprint density at radius 2 is 2.17 bits per heavy atom. The van der Waals surface area contributed by atoms with Gasteiger partial charge in [-0.25, -0.2) is 9.78 Å². The van der Waals surface area contributed by atoms with Crippen molar-refractivity contribution in [3.8, 4) is 0 Å². The maximum atomic E-state index is 11.0. The Bertz CT molecular complexity index is 443. The first-order chi connectivity index (χ1) is 8.48. The molecule has 4 heteroatoms. The van der Waals surface area contributed by atoms with Crippen molar-refractivity contribution < 1.29 is 9.90 Å². The lowest BCUT2D eigenvalue weighted by Gasteiger charge is -2.24. The van der Waals surface area contributed by atoms with E-state index in [4.69, 9.17) is 5.11 Å². The number of hydrogen-bond acceptors (Lipinski definition) is 3. The lowest BCUT2D eigenvalue weighted by molar-refractivity contribution is 0.0697. The highest BCUT2D eigenvalue weighted by molar-refractivity contribution is 5.88. The number of anilines is 1. The van der Waals surface area contributed by atoms with Gasteiger partial charge >= 0.3 is 5.97 Å². The number of rotatable bonds is 2. The second-order valence-corrected chi connectivity index (χ2v) is 5.71.